The van der Waals surface area contributed by atoms with Crippen LogP contribution in [0.3, 0.4) is 0 Å². The Hall–Kier alpha value is 0.674. The third-order valence-electron chi connectivity index (χ3n) is 7.79. The predicted molar refractivity (Wildman–Crippen MR) is 174 cm³/mol. The van der Waals surface area contributed by atoms with Gasteiger partial charge in [0.05, 0.1) is 0 Å². The molecule has 0 atom stereocenters. The molecule has 0 aromatic carbocycles. The van der Waals surface area contributed by atoms with Crippen LogP contribution in [-0.2, 0) is 40.1 Å². The molecule has 0 nitrogen and oxygen atoms in total. The molecule has 0 saturated carbocycles. The summed E-state index contributed by atoms with van der Waals surface area (Å²) in [6, 6.07) is 0. The summed E-state index contributed by atoms with van der Waals surface area (Å²) < 4.78 is 7.70. The maximum Gasteiger partial charge on any atom is -0.147 e. The first-order valence-corrected chi connectivity index (χ1v) is 36.6. The van der Waals surface area contributed by atoms with Crippen molar-refractivity contribution in [3.8, 4) is 0 Å². The minimum Gasteiger partial charge on any atom is -0.147 e. The molecule has 0 heterocycles. The number of hydrogen-bond acceptors (Lipinski definition) is 0. The molecule has 0 N–H and O–H groups in total. The summed E-state index contributed by atoms with van der Waals surface area (Å²) in [5, 5.41) is 0. The van der Waals surface area contributed by atoms with E-state index >= 15 is 0 Å². The Bertz CT molecular complexity index is 1120. The fourth-order valence-corrected chi connectivity index (χ4v) is 60.1. The monoisotopic (exact) mass is 920 g/mol. The number of hydrogen-bond donors (Lipinski definition) is 0. The standard InChI is InChI=1S/4C7H9.2C2H6Si.2ClH.2Hf/c4*1-6-3-4-7(2)5-6;2*1-3-2;;;;/h4*5H,3H2,1-2H3;2*1-2H3;2*1H;;. The van der Waals surface area contributed by atoms with E-state index in [1.165, 1.54) is 25.7 Å². The van der Waals surface area contributed by atoms with Crippen LogP contribution in [0.1, 0.15) is 81.1 Å². The first kappa shape index (κ1) is 36.7. The number of halogens is 2. The van der Waals surface area contributed by atoms with Crippen molar-refractivity contribution in [2.24, 2.45) is 0 Å². The van der Waals surface area contributed by atoms with Crippen LogP contribution in [0, 0.1) is 0 Å². The van der Waals surface area contributed by atoms with Gasteiger partial charge in [0, 0.05) is 0 Å². The van der Waals surface area contributed by atoms with Crippen molar-refractivity contribution in [3.63, 3.8) is 0 Å². The van der Waals surface area contributed by atoms with Crippen molar-refractivity contribution in [1.82, 2.24) is 0 Å². The van der Waals surface area contributed by atoms with Crippen LogP contribution in [0.5, 0.6) is 0 Å². The molecular formula is C32H50Cl2Hf2Si2. The molecule has 38 heavy (non-hydrogen) atoms. The summed E-state index contributed by atoms with van der Waals surface area (Å²) >= 11 is -3.40. The molecule has 4 aliphatic carbocycles. The Labute approximate surface area is 262 Å². The first-order chi connectivity index (χ1) is 16.8. The van der Waals surface area contributed by atoms with E-state index in [9.17, 15) is 0 Å². The van der Waals surface area contributed by atoms with Gasteiger partial charge in [-0.2, -0.15) is 0 Å². The van der Waals surface area contributed by atoms with Gasteiger partial charge < -0.3 is 0 Å². The molecule has 0 aliphatic heterocycles. The molecule has 0 aromatic rings. The third-order valence-corrected chi connectivity index (χ3v) is 58.1. The van der Waals surface area contributed by atoms with Gasteiger partial charge in [0.25, 0.3) is 0 Å². The van der Waals surface area contributed by atoms with Gasteiger partial charge in [0.1, 0.15) is 0 Å². The second-order valence-corrected chi connectivity index (χ2v) is 59.9. The normalized spacial score (nSPS) is 18.4. The van der Waals surface area contributed by atoms with Gasteiger partial charge in [0.2, 0.25) is 0 Å². The third kappa shape index (κ3) is 8.84. The summed E-state index contributed by atoms with van der Waals surface area (Å²) in [5.74, 6) is 0. The van der Waals surface area contributed by atoms with Crippen LogP contribution in [-0.4, -0.2) is 11.0 Å². The van der Waals surface area contributed by atoms with E-state index in [2.05, 4.69) is 106 Å². The quantitative estimate of drug-likeness (QED) is 0.247. The zero-order valence-electron chi connectivity index (χ0n) is 26.0. The molecule has 0 radical (unpaired) electrons. The maximum atomic E-state index is 2.56. The average molecular weight is 919 g/mol. The van der Waals surface area contributed by atoms with Crippen molar-refractivity contribution >= 4 is 35.8 Å². The molecule has 0 amide bonds. The maximum absolute atomic E-state index is 2.56. The molecule has 4 rings (SSSR count). The largest absolute Gasteiger partial charge is 0.147 e. The molecule has 0 saturated heterocycles. The van der Waals surface area contributed by atoms with Crippen molar-refractivity contribution in [1.29, 1.82) is 0 Å². The molecule has 0 fully saturated rings. The Morgan fingerprint density at radius 2 is 0.605 bits per heavy atom. The summed E-state index contributed by atoms with van der Waals surface area (Å²) in [4.78, 5) is 0. The summed E-state index contributed by atoms with van der Waals surface area (Å²) in [6.07, 6.45) is 15.0. The Kier molecular flexibility index (Phi) is 15.2. The smallest absolute Gasteiger partial charge is 0.147 e. The molecule has 0 aromatic heterocycles. The molecule has 0 unspecified atom stereocenters. The second kappa shape index (κ2) is 15.8. The topological polar surface area (TPSA) is 0 Å². The summed E-state index contributed by atoms with van der Waals surface area (Å²) in [6.45, 7) is 28.9. The Morgan fingerprint density at radius 1 is 0.421 bits per heavy atom. The Morgan fingerprint density at radius 3 is 0.711 bits per heavy atom. The fraction of sp³-hybridized carbons (Fsp3) is 0.500. The predicted octanol–water partition coefficient (Wildman–Crippen LogP) is 11.1. The van der Waals surface area contributed by atoms with Crippen LogP contribution in [0.4, 0.5) is 0 Å². The van der Waals surface area contributed by atoms with E-state index in [4.69, 9.17) is 0 Å². The van der Waals surface area contributed by atoms with Crippen molar-refractivity contribution in [3.05, 3.63) is 82.2 Å². The van der Waals surface area contributed by atoms with Crippen LogP contribution < -0.4 is 0 Å². The summed E-state index contributed by atoms with van der Waals surface area (Å²) in [7, 11) is 0. The van der Waals surface area contributed by atoms with E-state index in [-0.39, 0.29) is 35.8 Å². The van der Waals surface area contributed by atoms with E-state index < -0.39 is 40.1 Å². The van der Waals surface area contributed by atoms with E-state index in [1.54, 1.807) is 44.6 Å². The summed E-state index contributed by atoms with van der Waals surface area (Å²) in [5.41, 5.74) is 12.6. The van der Waals surface area contributed by atoms with Crippen molar-refractivity contribution < 1.29 is 40.1 Å². The van der Waals surface area contributed by atoms with Gasteiger partial charge in [0.15, 0.2) is 0 Å². The fourth-order valence-electron chi connectivity index (χ4n) is 6.42. The molecule has 0 spiro atoms. The second-order valence-electron chi connectivity index (χ2n) is 12.1. The van der Waals surface area contributed by atoms with Gasteiger partial charge in [-0.1, -0.05) is 0 Å². The van der Waals surface area contributed by atoms with Crippen molar-refractivity contribution in [2.75, 3.05) is 0 Å². The average Bonchev–Trinajstić information content (AvgIpc) is 3.45. The molecular weight excluding hydrogens is 868 g/mol. The van der Waals surface area contributed by atoms with Crippen molar-refractivity contribution in [2.45, 2.75) is 107 Å². The number of rotatable bonds is 4. The molecule has 6 heteroatoms. The molecule has 208 valence electrons. The SMILES string of the molecule is CC1=CC(C)=[C]([Hf]([C]2=C(C)C=C(C)C2)=[Si](C)C)C1.CC1=CC(C)=[C]([Hf]([C]2=C(C)C=C(C)C2)=[Si](C)C)C1.Cl.Cl. The van der Waals surface area contributed by atoms with Gasteiger partial charge in [-0.25, -0.2) is 0 Å². The van der Waals surface area contributed by atoms with Gasteiger partial charge in [-0.15, -0.1) is 24.8 Å². The van der Waals surface area contributed by atoms with Crippen LogP contribution >= 0.6 is 24.8 Å². The minimum absolute atomic E-state index is 0. The van der Waals surface area contributed by atoms with Crippen LogP contribution in [0.2, 0.25) is 26.2 Å². The number of allylic oxidation sites excluding steroid dienone is 16. The van der Waals surface area contributed by atoms with E-state index in [0.717, 1.165) is 0 Å². The minimum atomic E-state index is -1.70. The zero-order chi connectivity index (χ0) is 26.9. The Balaban J connectivity index is 0.000000361. The zero-order valence-corrected chi connectivity index (χ0v) is 36.8. The van der Waals surface area contributed by atoms with Crippen LogP contribution in [0.25, 0.3) is 0 Å². The van der Waals surface area contributed by atoms with Gasteiger partial charge >= 0.3 is 241 Å². The van der Waals surface area contributed by atoms with E-state index in [1.807, 2.05) is 13.3 Å². The molecule has 0 bridgehead atoms. The van der Waals surface area contributed by atoms with Gasteiger partial charge in [-0.3, -0.25) is 0 Å². The molecule has 4 aliphatic rings. The van der Waals surface area contributed by atoms with E-state index in [0.29, 0.717) is 0 Å². The van der Waals surface area contributed by atoms with Crippen LogP contribution in [0.15, 0.2) is 82.2 Å². The first-order valence-electron chi connectivity index (χ1n) is 13.6. The van der Waals surface area contributed by atoms with Gasteiger partial charge in [-0.05, 0) is 0 Å².